The molecule has 0 bridgehead atoms. The number of carbonyl (C=O) groups excluding carboxylic acids is 1. The molecule has 0 aromatic heterocycles. The molecule has 1 saturated heterocycles. The number of carbonyl (C=O) groups is 1. The standard InChI is InChI=1S/C15H21N3O5S/c1-24(22,23)15(7-10-16-11-8-15)14(19)17-9-6-12-2-4-13(5-3-12)18(20)21/h2-5,16H,6-11H2,1H3,(H,17,19). The summed E-state index contributed by atoms with van der Waals surface area (Å²) in [4.78, 5) is 22.6. The van der Waals surface area contributed by atoms with Crippen molar-refractivity contribution in [2.24, 2.45) is 0 Å². The molecule has 1 aromatic rings. The first kappa shape index (κ1) is 18.3. The smallest absolute Gasteiger partial charge is 0.269 e. The average molecular weight is 355 g/mol. The summed E-state index contributed by atoms with van der Waals surface area (Å²) in [6.45, 7) is 1.26. The molecule has 0 atom stereocenters. The van der Waals surface area contributed by atoms with Crippen molar-refractivity contribution >= 4 is 21.4 Å². The first-order chi connectivity index (χ1) is 11.3. The van der Waals surface area contributed by atoms with E-state index in [1.807, 2.05) is 0 Å². The first-order valence-electron chi connectivity index (χ1n) is 7.68. The molecule has 0 aliphatic carbocycles. The van der Waals surface area contributed by atoms with Crippen molar-refractivity contribution in [1.82, 2.24) is 10.6 Å². The number of rotatable bonds is 6. The van der Waals surface area contributed by atoms with Crippen LogP contribution in [0.4, 0.5) is 5.69 Å². The highest BCUT2D eigenvalue weighted by molar-refractivity contribution is 7.92. The van der Waals surface area contributed by atoms with Crippen LogP contribution in [0.3, 0.4) is 0 Å². The zero-order valence-electron chi connectivity index (χ0n) is 13.4. The Labute approximate surface area is 140 Å². The largest absolute Gasteiger partial charge is 0.354 e. The molecule has 1 amide bonds. The number of hydrogen-bond donors (Lipinski definition) is 2. The van der Waals surface area contributed by atoms with Crippen LogP contribution in [-0.4, -0.2) is 49.9 Å². The summed E-state index contributed by atoms with van der Waals surface area (Å²) in [6, 6.07) is 6.06. The molecule has 1 aromatic carbocycles. The van der Waals surface area contributed by atoms with Crippen molar-refractivity contribution in [3.8, 4) is 0 Å². The van der Waals surface area contributed by atoms with E-state index >= 15 is 0 Å². The lowest BCUT2D eigenvalue weighted by atomic mass is 9.95. The maximum Gasteiger partial charge on any atom is 0.269 e. The van der Waals surface area contributed by atoms with Gasteiger partial charge in [-0.1, -0.05) is 12.1 Å². The van der Waals surface area contributed by atoms with Gasteiger partial charge in [-0.25, -0.2) is 8.42 Å². The Morgan fingerprint density at radius 2 is 1.88 bits per heavy atom. The maximum absolute atomic E-state index is 12.5. The number of nitrogens with zero attached hydrogens (tertiary/aromatic N) is 1. The number of sulfone groups is 1. The van der Waals surface area contributed by atoms with E-state index in [1.54, 1.807) is 12.1 Å². The highest BCUT2D eigenvalue weighted by atomic mass is 32.2. The van der Waals surface area contributed by atoms with Crippen LogP contribution in [0.2, 0.25) is 0 Å². The fourth-order valence-corrected chi connectivity index (χ4v) is 4.22. The maximum atomic E-state index is 12.5. The Hall–Kier alpha value is -2.00. The van der Waals surface area contributed by atoms with E-state index in [4.69, 9.17) is 0 Å². The number of nitro groups is 1. The van der Waals surface area contributed by atoms with Crippen molar-refractivity contribution in [2.75, 3.05) is 25.9 Å². The van der Waals surface area contributed by atoms with Crippen molar-refractivity contribution < 1.29 is 18.1 Å². The van der Waals surface area contributed by atoms with E-state index in [9.17, 15) is 23.3 Å². The van der Waals surface area contributed by atoms with Gasteiger partial charge in [-0.05, 0) is 37.9 Å². The van der Waals surface area contributed by atoms with E-state index in [-0.39, 0.29) is 25.1 Å². The van der Waals surface area contributed by atoms with Gasteiger partial charge in [0, 0.05) is 24.9 Å². The van der Waals surface area contributed by atoms with Gasteiger partial charge in [-0.3, -0.25) is 14.9 Å². The van der Waals surface area contributed by atoms with Crippen LogP contribution in [0.1, 0.15) is 18.4 Å². The zero-order chi connectivity index (χ0) is 17.8. The predicted octanol–water partition coefficient (Wildman–Crippen LogP) is 0.420. The third kappa shape index (κ3) is 3.90. The number of non-ortho nitro benzene ring substituents is 1. The van der Waals surface area contributed by atoms with Gasteiger partial charge in [-0.15, -0.1) is 0 Å². The zero-order valence-corrected chi connectivity index (χ0v) is 14.3. The third-order valence-corrected chi connectivity index (χ3v) is 6.39. The van der Waals surface area contributed by atoms with Gasteiger partial charge in [0.05, 0.1) is 4.92 Å². The van der Waals surface area contributed by atoms with Gasteiger partial charge >= 0.3 is 0 Å². The Morgan fingerprint density at radius 1 is 1.29 bits per heavy atom. The van der Waals surface area contributed by atoms with Gasteiger partial charge in [0.25, 0.3) is 5.69 Å². The van der Waals surface area contributed by atoms with Gasteiger partial charge in [-0.2, -0.15) is 0 Å². The number of nitrogens with one attached hydrogen (secondary N) is 2. The normalized spacial score (nSPS) is 17.2. The van der Waals surface area contributed by atoms with E-state index in [0.717, 1.165) is 11.8 Å². The topological polar surface area (TPSA) is 118 Å². The second-order valence-electron chi connectivity index (χ2n) is 5.95. The molecule has 24 heavy (non-hydrogen) atoms. The van der Waals surface area contributed by atoms with Gasteiger partial charge in [0.2, 0.25) is 5.91 Å². The minimum absolute atomic E-state index is 0.00789. The van der Waals surface area contributed by atoms with E-state index < -0.39 is 25.4 Å². The van der Waals surface area contributed by atoms with Crippen molar-refractivity contribution in [1.29, 1.82) is 0 Å². The van der Waals surface area contributed by atoms with Crippen LogP contribution in [0, 0.1) is 10.1 Å². The Kier molecular flexibility index (Phi) is 5.55. The van der Waals surface area contributed by atoms with E-state index in [0.29, 0.717) is 19.5 Å². The molecule has 0 radical (unpaired) electrons. The molecule has 2 N–H and O–H groups in total. The van der Waals surface area contributed by atoms with Gasteiger partial charge in [0.15, 0.2) is 14.6 Å². The summed E-state index contributed by atoms with van der Waals surface area (Å²) >= 11 is 0. The molecule has 2 rings (SSSR count). The number of amides is 1. The predicted molar refractivity (Wildman–Crippen MR) is 89.5 cm³/mol. The minimum Gasteiger partial charge on any atom is -0.354 e. The van der Waals surface area contributed by atoms with Crippen molar-refractivity contribution in [3.05, 3.63) is 39.9 Å². The Balaban J connectivity index is 1.97. The molecule has 9 heteroatoms. The van der Waals surface area contributed by atoms with Gasteiger partial charge < -0.3 is 10.6 Å². The minimum atomic E-state index is -3.52. The molecule has 0 unspecified atom stereocenters. The average Bonchev–Trinajstić information content (AvgIpc) is 2.55. The molecule has 1 heterocycles. The SMILES string of the molecule is CS(=O)(=O)C1(C(=O)NCCc2ccc([N+](=O)[O-])cc2)CCNCC1. The number of piperidine rings is 1. The van der Waals surface area contributed by atoms with E-state index in [1.165, 1.54) is 12.1 Å². The molecular weight excluding hydrogens is 334 g/mol. The highest BCUT2D eigenvalue weighted by Crippen LogP contribution is 2.28. The van der Waals surface area contributed by atoms with Crippen LogP contribution in [-0.2, 0) is 21.1 Å². The molecule has 1 aliphatic heterocycles. The second-order valence-corrected chi connectivity index (χ2v) is 8.27. The molecule has 0 saturated carbocycles. The summed E-state index contributed by atoms with van der Waals surface area (Å²) in [5, 5.41) is 16.4. The fraction of sp³-hybridized carbons (Fsp3) is 0.533. The lowest BCUT2D eigenvalue weighted by molar-refractivity contribution is -0.384. The summed E-state index contributed by atoms with van der Waals surface area (Å²) in [7, 11) is -3.52. The van der Waals surface area contributed by atoms with Crippen LogP contribution in [0.25, 0.3) is 0 Å². The summed E-state index contributed by atoms with van der Waals surface area (Å²) in [6.07, 6.45) is 2.10. The first-order valence-corrected chi connectivity index (χ1v) is 9.57. The summed E-state index contributed by atoms with van der Waals surface area (Å²) < 4.78 is 22.9. The van der Waals surface area contributed by atoms with Crippen LogP contribution < -0.4 is 10.6 Å². The van der Waals surface area contributed by atoms with Crippen LogP contribution in [0.15, 0.2) is 24.3 Å². The molecular formula is C15H21N3O5S. The van der Waals surface area contributed by atoms with E-state index in [2.05, 4.69) is 10.6 Å². The quantitative estimate of drug-likeness (QED) is 0.564. The van der Waals surface area contributed by atoms with Crippen molar-refractivity contribution in [2.45, 2.75) is 24.0 Å². The van der Waals surface area contributed by atoms with Crippen molar-refractivity contribution in [3.63, 3.8) is 0 Å². The van der Waals surface area contributed by atoms with Crippen LogP contribution >= 0.6 is 0 Å². The monoisotopic (exact) mass is 355 g/mol. The molecule has 8 nitrogen and oxygen atoms in total. The second kappa shape index (κ2) is 7.27. The molecule has 1 fully saturated rings. The number of benzene rings is 1. The van der Waals surface area contributed by atoms with Gasteiger partial charge in [0.1, 0.15) is 0 Å². The lowest BCUT2D eigenvalue weighted by Gasteiger charge is -2.34. The highest BCUT2D eigenvalue weighted by Gasteiger charge is 2.48. The lowest BCUT2D eigenvalue weighted by Crippen LogP contribution is -2.57. The Bertz CT molecular complexity index is 709. The third-order valence-electron chi connectivity index (χ3n) is 4.38. The molecule has 1 aliphatic rings. The summed E-state index contributed by atoms with van der Waals surface area (Å²) in [5.74, 6) is -0.464. The Morgan fingerprint density at radius 3 is 2.38 bits per heavy atom. The fourth-order valence-electron chi connectivity index (χ4n) is 2.86. The number of hydrogen-bond acceptors (Lipinski definition) is 6. The molecule has 132 valence electrons. The van der Waals surface area contributed by atoms with Crippen LogP contribution in [0.5, 0.6) is 0 Å². The summed E-state index contributed by atoms with van der Waals surface area (Å²) in [5.41, 5.74) is 0.841. The number of nitro benzene ring substituents is 1. The molecule has 0 spiro atoms.